The van der Waals surface area contributed by atoms with Gasteiger partial charge in [0.1, 0.15) is 5.75 Å². The summed E-state index contributed by atoms with van der Waals surface area (Å²) < 4.78 is 12.3. The zero-order chi connectivity index (χ0) is 24.6. The first-order chi connectivity index (χ1) is 17.6. The Morgan fingerprint density at radius 1 is 1.06 bits per heavy atom. The summed E-state index contributed by atoms with van der Waals surface area (Å²) in [4.78, 5) is 20.7. The first kappa shape index (κ1) is 23.6. The second kappa shape index (κ2) is 9.90. The van der Waals surface area contributed by atoms with Gasteiger partial charge in [-0.1, -0.05) is 53.5 Å². The van der Waals surface area contributed by atoms with Gasteiger partial charge in [0.15, 0.2) is 0 Å². The second-order valence-corrected chi connectivity index (χ2v) is 10.4. The van der Waals surface area contributed by atoms with Crippen molar-refractivity contribution in [2.45, 2.75) is 12.5 Å². The van der Waals surface area contributed by atoms with Gasteiger partial charge in [0, 0.05) is 47.8 Å². The Balaban J connectivity index is 1.43. The van der Waals surface area contributed by atoms with Crippen LogP contribution in [0.5, 0.6) is 5.75 Å². The highest BCUT2D eigenvalue weighted by Gasteiger charge is 2.28. The van der Waals surface area contributed by atoms with Crippen LogP contribution in [-0.4, -0.2) is 43.8 Å². The molecule has 1 saturated heterocycles. The Morgan fingerprint density at radius 2 is 1.89 bits per heavy atom. The highest BCUT2D eigenvalue weighted by Crippen LogP contribution is 2.43. The molecule has 2 aliphatic heterocycles. The lowest BCUT2D eigenvalue weighted by molar-refractivity contribution is 0.0923. The molecule has 1 amide bonds. The molecule has 4 aromatic rings. The lowest BCUT2D eigenvalue weighted by Crippen LogP contribution is -2.39. The van der Waals surface area contributed by atoms with E-state index in [-0.39, 0.29) is 11.9 Å². The molecule has 0 spiro atoms. The summed E-state index contributed by atoms with van der Waals surface area (Å²) in [5.41, 5.74) is 4.97. The highest BCUT2D eigenvalue weighted by molar-refractivity contribution is 7.18. The fourth-order valence-corrected chi connectivity index (χ4v) is 6.36. The third kappa shape index (κ3) is 4.20. The Kier molecular flexibility index (Phi) is 6.48. The molecule has 2 aliphatic rings. The zero-order valence-corrected chi connectivity index (χ0v) is 21.6. The monoisotopic (exact) mass is 539 g/mol. The predicted octanol–water partition coefficient (Wildman–Crippen LogP) is 6.36. The van der Waals surface area contributed by atoms with Crippen LogP contribution in [0.4, 0.5) is 5.69 Å². The quantitative estimate of drug-likeness (QED) is 0.327. The first-order valence-corrected chi connectivity index (χ1v) is 13.4. The van der Waals surface area contributed by atoms with E-state index in [1.54, 1.807) is 23.6 Å². The molecule has 0 radical (unpaired) electrons. The van der Waals surface area contributed by atoms with Crippen molar-refractivity contribution in [1.82, 2.24) is 10.3 Å². The van der Waals surface area contributed by atoms with E-state index < -0.39 is 0 Å². The third-order valence-electron chi connectivity index (χ3n) is 6.64. The van der Waals surface area contributed by atoms with Gasteiger partial charge in [0.05, 0.1) is 57.4 Å². The largest absolute Gasteiger partial charge is 0.493 e. The van der Waals surface area contributed by atoms with E-state index in [1.807, 2.05) is 41.8 Å². The number of amides is 1. The number of fused-ring (bicyclic) bond motifs is 2. The van der Waals surface area contributed by atoms with Crippen molar-refractivity contribution in [2.75, 3.05) is 37.8 Å². The number of benzene rings is 2. The molecule has 184 valence electrons. The van der Waals surface area contributed by atoms with Crippen LogP contribution in [0.1, 0.15) is 28.4 Å². The van der Waals surface area contributed by atoms with E-state index >= 15 is 0 Å². The van der Waals surface area contributed by atoms with Gasteiger partial charge in [-0.2, -0.15) is 0 Å². The number of carbonyl (C=O) groups excluding carboxylic acids is 1. The minimum atomic E-state index is -0.150. The van der Waals surface area contributed by atoms with Crippen LogP contribution in [0.15, 0.2) is 54.0 Å². The third-order valence-corrected chi connectivity index (χ3v) is 8.43. The number of carbonyl (C=O) groups is 1. The van der Waals surface area contributed by atoms with Gasteiger partial charge in [0.2, 0.25) is 0 Å². The summed E-state index contributed by atoms with van der Waals surface area (Å²) in [6.07, 6.45) is 2.39. The predicted molar refractivity (Wildman–Crippen MR) is 145 cm³/mol. The molecular weight excluding hydrogens is 517 g/mol. The molecule has 36 heavy (non-hydrogen) atoms. The van der Waals surface area contributed by atoms with Gasteiger partial charge in [-0.05, 0) is 12.1 Å². The summed E-state index contributed by atoms with van der Waals surface area (Å²) in [7, 11) is 0. The number of morpholine rings is 1. The van der Waals surface area contributed by atoms with E-state index in [2.05, 4.69) is 10.2 Å². The fourth-order valence-electron chi connectivity index (χ4n) is 4.86. The van der Waals surface area contributed by atoms with Crippen molar-refractivity contribution in [3.63, 3.8) is 0 Å². The average molecular weight is 540 g/mol. The van der Waals surface area contributed by atoms with Gasteiger partial charge in [-0.3, -0.25) is 9.78 Å². The Bertz CT molecular complexity index is 1450. The average Bonchev–Trinajstić information content (AvgIpc) is 3.34. The molecule has 0 bridgehead atoms. The number of anilines is 1. The molecule has 2 aromatic carbocycles. The van der Waals surface area contributed by atoms with Crippen LogP contribution in [0.3, 0.4) is 0 Å². The molecule has 0 aliphatic carbocycles. The fraction of sp³-hybridized carbons (Fsp3) is 0.259. The van der Waals surface area contributed by atoms with Gasteiger partial charge < -0.3 is 19.7 Å². The second-order valence-electron chi connectivity index (χ2n) is 8.75. The van der Waals surface area contributed by atoms with Crippen molar-refractivity contribution in [2.24, 2.45) is 0 Å². The summed E-state index contributed by atoms with van der Waals surface area (Å²) >= 11 is 14.4. The Labute approximate surface area is 222 Å². The smallest absolute Gasteiger partial charge is 0.255 e. The maximum absolute atomic E-state index is 13.7. The van der Waals surface area contributed by atoms with Crippen LogP contribution >= 0.6 is 34.5 Å². The standard InChI is InChI=1S/C27H23Cl2N3O3S/c28-20-6-3-5-16(23(20)29)19-15-36-26-24(19)30-14-18(25(26)32-9-12-34-13-10-32)27(33)31-21-8-11-35-22-7-2-1-4-17(21)22/h1-7,14-15,21H,8-13H2,(H,31,33)/t21-/m0/s1. The number of para-hydroxylation sites is 1. The Hall–Kier alpha value is -2.84. The summed E-state index contributed by atoms with van der Waals surface area (Å²) in [5.74, 6) is 0.667. The van der Waals surface area contributed by atoms with Crippen molar-refractivity contribution >= 4 is 56.3 Å². The van der Waals surface area contributed by atoms with Gasteiger partial charge >= 0.3 is 0 Å². The first-order valence-electron chi connectivity index (χ1n) is 11.8. The van der Waals surface area contributed by atoms with Crippen LogP contribution in [0.2, 0.25) is 10.0 Å². The van der Waals surface area contributed by atoms with Crippen LogP contribution in [-0.2, 0) is 4.74 Å². The zero-order valence-electron chi connectivity index (χ0n) is 19.3. The highest BCUT2D eigenvalue weighted by atomic mass is 35.5. The molecule has 6 rings (SSSR count). The number of nitrogens with one attached hydrogen (secondary N) is 1. The molecule has 1 N–H and O–H groups in total. The number of rotatable bonds is 4. The van der Waals surface area contributed by atoms with Gasteiger partial charge in [-0.15, -0.1) is 11.3 Å². The lowest BCUT2D eigenvalue weighted by atomic mass is 10.00. The van der Waals surface area contributed by atoms with Crippen LogP contribution in [0, 0.1) is 0 Å². The molecule has 4 heterocycles. The molecule has 2 aromatic heterocycles. The van der Waals surface area contributed by atoms with Crippen molar-refractivity contribution in [1.29, 1.82) is 0 Å². The number of nitrogens with zero attached hydrogens (tertiary/aromatic N) is 2. The summed E-state index contributed by atoms with van der Waals surface area (Å²) in [6.45, 7) is 3.17. The molecule has 0 saturated carbocycles. The van der Waals surface area contributed by atoms with E-state index in [9.17, 15) is 4.79 Å². The van der Waals surface area contributed by atoms with E-state index in [4.69, 9.17) is 37.7 Å². The Morgan fingerprint density at radius 3 is 2.75 bits per heavy atom. The van der Waals surface area contributed by atoms with Crippen LogP contribution in [0.25, 0.3) is 21.3 Å². The lowest BCUT2D eigenvalue weighted by Gasteiger charge is -2.31. The molecule has 9 heteroatoms. The number of hydrogen-bond donors (Lipinski definition) is 1. The molecule has 6 nitrogen and oxygen atoms in total. The summed E-state index contributed by atoms with van der Waals surface area (Å²) in [6, 6.07) is 13.3. The van der Waals surface area contributed by atoms with Crippen molar-refractivity contribution in [3.05, 3.63) is 75.2 Å². The maximum Gasteiger partial charge on any atom is 0.255 e. The summed E-state index contributed by atoms with van der Waals surface area (Å²) in [5, 5.41) is 6.27. The number of pyridine rings is 1. The number of ether oxygens (including phenoxy) is 2. The van der Waals surface area contributed by atoms with Crippen molar-refractivity contribution in [3.8, 4) is 16.9 Å². The SMILES string of the molecule is O=C(N[C@H]1CCOc2ccccc21)c1cnc2c(-c3cccc(Cl)c3Cl)csc2c1N1CCOCC1. The minimum absolute atomic E-state index is 0.125. The molecule has 0 unspecified atom stereocenters. The van der Waals surface area contributed by atoms with E-state index in [0.29, 0.717) is 54.9 Å². The normalized spacial score (nSPS) is 17.5. The number of halogens is 2. The number of aromatic nitrogens is 1. The number of thiophene rings is 1. The van der Waals surface area contributed by atoms with Gasteiger partial charge in [0.25, 0.3) is 5.91 Å². The van der Waals surface area contributed by atoms with Gasteiger partial charge in [-0.25, -0.2) is 0 Å². The molecule has 1 fully saturated rings. The molecular formula is C27H23Cl2N3O3S. The maximum atomic E-state index is 13.7. The van der Waals surface area contributed by atoms with Crippen molar-refractivity contribution < 1.29 is 14.3 Å². The topological polar surface area (TPSA) is 63.7 Å². The minimum Gasteiger partial charge on any atom is -0.493 e. The number of hydrogen-bond acceptors (Lipinski definition) is 6. The molecule has 1 atom stereocenters. The van der Waals surface area contributed by atoms with Crippen LogP contribution < -0.4 is 15.0 Å². The van der Waals surface area contributed by atoms with E-state index in [1.165, 1.54) is 0 Å². The van der Waals surface area contributed by atoms with E-state index in [0.717, 1.165) is 38.3 Å².